The molecule has 4 rings (SSSR count). The number of amides is 1. The molecule has 5 nitrogen and oxygen atoms in total. The van der Waals surface area contributed by atoms with Gasteiger partial charge in [-0.3, -0.25) is 4.79 Å². The predicted molar refractivity (Wildman–Crippen MR) is 109 cm³/mol. The van der Waals surface area contributed by atoms with Gasteiger partial charge in [0.05, 0.1) is 5.56 Å². The number of carbonyl (C=O) groups is 1. The summed E-state index contributed by atoms with van der Waals surface area (Å²) in [6.07, 6.45) is 0.650. The molecule has 9 heteroatoms. The largest absolute Gasteiger partial charge is 0.419 e. The smallest absolute Gasteiger partial charge is 0.341 e. The second-order valence-corrected chi connectivity index (χ2v) is 8.34. The van der Waals surface area contributed by atoms with Gasteiger partial charge >= 0.3 is 6.18 Å². The van der Waals surface area contributed by atoms with E-state index in [1.54, 1.807) is 12.1 Å². The Labute approximate surface area is 177 Å². The lowest BCUT2D eigenvalue weighted by molar-refractivity contribution is -0.138. The molecule has 0 radical (unpaired) electrons. The highest BCUT2D eigenvalue weighted by molar-refractivity contribution is 6.30. The van der Waals surface area contributed by atoms with Gasteiger partial charge in [-0.2, -0.15) is 13.2 Å². The Hall–Kier alpha value is -2.35. The first-order valence-electron chi connectivity index (χ1n) is 10.0. The van der Waals surface area contributed by atoms with Gasteiger partial charge in [-0.1, -0.05) is 11.6 Å². The summed E-state index contributed by atoms with van der Waals surface area (Å²) in [6.45, 7) is 1.77. The Morgan fingerprint density at radius 3 is 2.20 bits per heavy atom. The lowest BCUT2D eigenvalue weighted by Gasteiger charge is -2.34. The summed E-state index contributed by atoms with van der Waals surface area (Å²) in [5.41, 5.74) is -0.0141. The molecule has 0 spiro atoms. The van der Waals surface area contributed by atoms with Crippen molar-refractivity contribution < 1.29 is 18.0 Å². The minimum atomic E-state index is -4.45. The lowest BCUT2D eigenvalue weighted by Crippen LogP contribution is -2.44. The van der Waals surface area contributed by atoms with E-state index in [4.69, 9.17) is 11.6 Å². The molecule has 1 aromatic carbocycles. The maximum atomic E-state index is 13.3. The fraction of sp³-hybridized carbons (Fsp3) is 0.476. The standard InChI is InChI=1S/C21H22ClF3N4O/c22-17-3-5-18(6-4-17)29(13-14-1-2-14)19(30)15-7-9-28(10-8-15)20-26-11-16(12-27-20)21(23,24)25/h3-6,11-12,14-15H,1-2,7-10,13H2. The third-order valence-corrected chi connectivity index (χ3v) is 5.89. The van der Waals surface area contributed by atoms with Crippen molar-refractivity contribution in [2.45, 2.75) is 31.9 Å². The van der Waals surface area contributed by atoms with Crippen LogP contribution in [0.2, 0.25) is 5.02 Å². The molecule has 1 saturated heterocycles. The van der Waals surface area contributed by atoms with Crippen molar-refractivity contribution in [1.82, 2.24) is 9.97 Å². The van der Waals surface area contributed by atoms with Gasteiger partial charge in [0, 0.05) is 48.7 Å². The molecule has 1 saturated carbocycles. The molecule has 30 heavy (non-hydrogen) atoms. The molecule has 1 aromatic heterocycles. The first-order chi connectivity index (χ1) is 14.3. The average Bonchev–Trinajstić information content (AvgIpc) is 3.56. The molecule has 2 fully saturated rings. The molecule has 1 aliphatic carbocycles. The monoisotopic (exact) mass is 438 g/mol. The maximum Gasteiger partial charge on any atom is 0.419 e. The third kappa shape index (κ3) is 4.86. The number of carbonyl (C=O) groups excluding carboxylic acids is 1. The number of rotatable bonds is 5. The highest BCUT2D eigenvalue weighted by atomic mass is 35.5. The number of hydrogen-bond acceptors (Lipinski definition) is 4. The quantitative estimate of drug-likeness (QED) is 0.672. The first kappa shape index (κ1) is 20.9. The van der Waals surface area contributed by atoms with Gasteiger partial charge in [-0.15, -0.1) is 0 Å². The summed E-state index contributed by atoms with van der Waals surface area (Å²) in [5.74, 6) is 0.772. The van der Waals surface area contributed by atoms with Crippen molar-refractivity contribution in [3.63, 3.8) is 0 Å². The molecule has 0 N–H and O–H groups in total. The van der Waals surface area contributed by atoms with Crippen molar-refractivity contribution in [1.29, 1.82) is 0 Å². The van der Waals surface area contributed by atoms with E-state index in [0.29, 0.717) is 43.4 Å². The summed E-state index contributed by atoms with van der Waals surface area (Å²) < 4.78 is 38.1. The number of alkyl halides is 3. The normalized spacial score (nSPS) is 17.8. The van der Waals surface area contributed by atoms with Gasteiger partial charge in [0.1, 0.15) is 0 Å². The van der Waals surface area contributed by atoms with E-state index in [0.717, 1.165) is 30.9 Å². The zero-order valence-electron chi connectivity index (χ0n) is 16.3. The van der Waals surface area contributed by atoms with Crippen LogP contribution in [0.25, 0.3) is 0 Å². The summed E-state index contributed by atoms with van der Waals surface area (Å²) in [7, 11) is 0. The van der Waals surface area contributed by atoms with Crippen LogP contribution >= 0.6 is 11.6 Å². The highest BCUT2D eigenvalue weighted by Gasteiger charge is 2.34. The number of benzene rings is 1. The predicted octanol–water partition coefficient (Wildman–Crippen LogP) is 4.81. The average molecular weight is 439 g/mol. The van der Waals surface area contributed by atoms with Crippen LogP contribution in [0.15, 0.2) is 36.7 Å². The van der Waals surface area contributed by atoms with Gasteiger partial charge in [-0.05, 0) is 55.9 Å². The summed E-state index contributed by atoms with van der Waals surface area (Å²) in [4.78, 5) is 24.7. The molecule has 2 aliphatic rings. The van der Waals surface area contributed by atoms with E-state index >= 15 is 0 Å². The number of halogens is 4. The molecule has 0 bridgehead atoms. The van der Waals surface area contributed by atoms with Crippen molar-refractivity contribution in [2.75, 3.05) is 29.4 Å². The second-order valence-electron chi connectivity index (χ2n) is 7.90. The van der Waals surface area contributed by atoms with Crippen molar-refractivity contribution in [3.8, 4) is 0 Å². The fourth-order valence-corrected chi connectivity index (χ4v) is 3.81. The van der Waals surface area contributed by atoms with Gasteiger partial charge < -0.3 is 9.80 Å². The molecule has 160 valence electrons. The maximum absolute atomic E-state index is 13.3. The Morgan fingerprint density at radius 2 is 1.67 bits per heavy atom. The Balaban J connectivity index is 1.40. The van der Waals surface area contributed by atoms with Crippen LogP contribution in [-0.2, 0) is 11.0 Å². The number of anilines is 2. The van der Waals surface area contributed by atoms with Crippen LogP contribution in [0.3, 0.4) is 0 Å². The molecule has 1 amide bonds. The number of hydrogen-bond donors (Lipinski definition) is 0. The van der Waals surface area contributed by atoms with E-state index < -0.39 is 11.7 Å². The molecule has 0 atom stereocenters. The third-order valence-electron chi connectivity index (χ3n) is 5.63. The lowest BCUT2D eigenvalue weighted by atomic mass is 9.95. The Bertz CT molecular complexity index is 877. The molecular formula is C21H22ClF3N4O. The Kier molecular flexibility index (Phi) is 5.86. The number of aromatic nitrogens is 2. The summed E-state index contributed by atoms with van der Waals surface area (Å²) in [5, 5.41) is 0.627. The highest BCUT2D eigenvalue weighted by Crippen LogP contribution is 2.34. The molecule has 1 aliphatic heterocycles. The number of piperidine rings is 1. The second kappa shape index (κ2) is 8.41. The van der Waals surface area contributed by atoms with Crippen molar-refractivity contribution in [2.24, 2.45) is 11.8 Å². The van der Waals surface area contributed by atoms with E-state index in [2.05, 4.69) is 9.97 Å². The topological polar surface area (TPSA) is 49.3 Å². The summed E-state index contributed by atoms with van der Waals surface area (Å²) >= 11 is 5.99. The van der Waals surface area contributed by atoms with Crippen LogP contribution in [0, 0.1) is 11.8 Å². The minimum Gasteiger partial charge on any atom is -0.341 e. The van der Waals surface area contributed by atoms with Crippen molar-refractivity contribution in [3.05, 3.63) is 47.2 Å². The fourth-order valence-electron chi connectivity index (χ4n) is 3.68. The van der Waals surface area contributed by atoms with Crippen LogP contribution in [0.4, 0.5) is 24.8 Å². The zero-order valence-corrected chi connectivity index (χ0v) is 17.0. The molecule has 2 heterocycles. The van der Waals surface area contributed by atoms with Crippen LogP contribution in [-0.4, -0.2) is 35.5 Å². The van der Waals surface area contributed by atoms with E-state index in [1.165, 1.54) is 0 Å². The Morgan fingerprint density at radius 1 is 1.07 bits per heavy atom. The minimum absolute atomic E-state index is 0.0946. The van der Waals surface area contributed by atoms with Crippen molar-refractivity contribution >= 4 is 29.1 Å². The summed E-state index contributed by atoms with van der Waals surface area (Å²) in [6, 6.07) is 7.31. The van der Waals surface area contributed by atoms with Crippen LogP contribution < -0.4 is 9.80 Å². The van der Waals surface area contributed by atoms with Crippen LogP contribution in [0.1, 0.15) is 31.2 Å². The van der Waals surface area contributed by atoms with E-state index in [1.807, 2.05) is 21.9 Å². The van der Waals surface area contributed by atoms with Gasteiger partial charge in [-0.25, -0.2) is 9.97 Å². The molecule has 0 unspecified atom stereocenters. The number of nitrogens with zero attached hydrogens (tertiary/aromatic N) is 4. The van der Waals surface area contributed by atoms with Gasteiger partial charge in [0.2, 0.25) is 11.9 Å². The molecule has 2 aromatic rings. The van der Waals surface area contributed by atoms with Gasteiger partial charge in [0.15, 0.2) is 0 Å². The zero-order chi connectivity index (χ0) is 21.3. The van der Waals surface area contributed by atoms with E-state index in [9.17, 15) is 18.0 Å². The molecular weight excluding hydrogens is 417 g/mol. The van der Waals surface area contributed by atoms with Gasteiger partial charge in [0.25, 0.3) is 0 Å². The van der Waals surface area contributed by atoms with Crippen LogP contribution in [0.5, 0.6) is 0 Å². The first-order valence-corrected chi connectivity index (χ1v) is 10.4. The SMILES string of the molecule is O=C(C1CCN(c2ncc(C(F)(F)F)cn2)CC1)N(CC1CC1)c1ccc(Cl)cc1. The van der Waals surface area contributed by atoms with E-state index in [-0.39, 0.29) is 17.8 Å².